The highest BCUT2D eigenvalue weighted by Gasteiger charge is 2.38. The summed E-state index contributed by atoms with van der Waals surface area (Å²) in [6.07, 6.45) is 0.902. The Kier molecular flexibility index (Phi) is 3.84. The number of alkyl halides is 3. The molecule has 2 N–H and O–H groups in total. The summed E-state index contributed by atoms with van der Waals surface area (Å²) in [5, 5.41) is 7.12. The summed E-state index contributed by atoms with van der Waals surface area (Å²) >= 11 is 0. The van der Waals surface area contributed by atoms with E-state index >= 15 is 0 Å². The number of carbonyl (C=O) groups is 2. The second kappa shape index (κ2) is 5.43. The highest BCUT2D eigenvalue weighted by molar-refractivity contribution is 5.99. The quantitative estimate of drug-likeness (QED) is 0.785. The van der Waals surface area contributed by atoms with Gasteiger partial charge >= 0.3 is 12.1 Å². The van der Waals surface area contributed by atoms with E-state index in [0.717, 1.165) is 11.3 Å². The van der Waals surface area contributed by atoms with Gasteiger partial charge in [0.25, 0.3) is 0 Å². The van der Waals surface area contributed by atoms with Crippen LogP contribution < -0.4 is 0 Å². The molecule has 0 unspecified atom stereocenters. The third-order valence-corrected chi connectivity index (χ3v) is 2.91. The van der Waals surface area contributed by atoms with Gasteiger partial charge < -0.3 is 10.1 Å². The molecule has 1 heterocycles. The zero-order chi connectivity index (χ0) is 15.6. The Hall–Kier alpha value is -2.57. The van der Waals surface area contributed by atoms with Crippen LogP contribution in [-0.2, 0) is 16.0 Å². The molecule has 0 atom stereocenters. The minimum atomic E-state index is -5.08. The zero-order valence-corrected chi connectivity index (χ0v) is 10.6. The van der Waals surface area contributed by atoms with Gasteiger partial charge in [-0.3, -0.25) is 4.79 Å². The minimum Gasteiger partial charge on any atom is -0.475 e. The first kappa shape index (κ1) is 14.8. The Morgan fingerprint density at radius 2 is 1.90 bits per heavy atom. The highest BCUT2D eigenvalue weighted by Crippen LogP contribution is 2.30. The number of nitrogens with one attached hydrogen (secondary N) is 1. The van der Waals surface area contributed by atoms with E-state index in [2.05, 4.69) is 17.1 Å². The third kappa shape index (κ3) is 3.31. The molecule has 0 fully saturated rings. The molecule has 0 aromatic heterocycles. The van der Waals surface area contributed by atoms with Crippen LogP contribution in [0.1, 0.15) is 11.3 Å². The number of ketones is 1. The first-order chi connectivity index (χ1) is 9.79. The van der Waals surface area contributed by atoms with Gasteiger partial charge in [-0.05, 0) is 28.8 Å². The lowest BCUT2D eigenvalue weighted by atomic mass is 9.94. The number of allylic oxidation sites excluding steroid dienone is 1. The van der Waals surface area contributed by atoms with Gasteiger partial charge in [-0.1, -0.05) is 18.2 Å². The van der Waals surface area contributed by atoms with Crippen molar-refractivity contribution in [3.05, 3.63) is 41.7 Å². The molecule has 1 aliphatic heterocycles. The van der Waals surface area contributed by atoms with Crippen LogP contribution in [0.25, 0.3) is 17.2 Å². The van der Waals surface area contributed by atoms with Gasteiger partial charge in [-0.2, -0.15) is 13.2 Å². The topological polar surface area (TPSA) is 70.2 Å². The van der Waals surface area contributed by atoms with Gasteiger partial charge in [0.2, 0.25) is 0 Å². The van der Waals surface area contributed by atoms with E-state index in [1.165, 1.54) is 11.1 Å². The van der Waals surface area contributed by atoms with E-state index in [0.29, 0.717) is 6.42 Å². The lowest BCUT2D eigenvalue weighted by Crippen LogP contribution is -2.21. The molecule has 0 amide bonds. The van der Waals surface area contributed by atoms with Crippen molar-refractivity contribution < 1.29 is 27.9 Å². The van der Waals surface area contributed by atoms with E-state index < -0.39 is 12.1 Å². The van der Waals surface area contributed by atoms with Gasteiger partial charge in [0.15, 0.2) is 5.78 Å². The van der Waals surface area contributed by atoms with Crippen molar-refractivity contribution >= 4 is 17.8 Å². The van der Waals surface area contributed by atoms with Crippen molar-refractivity contribution in [2.45, 2.75) is 12.6 Å². The van der Waals surface area contributed by atoms with Gasteiger partial charge in [0, 0.05) is 18.3 Å². The maximum absolute atomic E-state index is 11.3. The van der Waals surface area contributed by atoms with Crippen LogP contribution in [0, 0.1) is 0 Å². The summed E-state index contributed by atoms with van der Waals surface area (Å²) in [5.41, 5.74) is 4.55. The maximum Gasteiger partial charge on any atom is 0.490 e. The number of hydrogen-bond donors (Lipinski definition) is 2. The molecule has 2 aliphatic carbocycles. The van der Waals surface area contributed by atoms with Gasteiger partial charge in [0.05, 0.1) is 0 Å². The van der Waals surface area contributed by atoms with Crippen LogP contribution in [0.4, 0.5) is 13.2 Å². The summed E-state index contributed by atoms with van der Waals surface area (Å²) in [7, 11) is 0. The van der Waals surface area contributed by atoms with Crippen molar-refractivity contribution in [1.82, 2.24) is 4.98 Å². The SMILES string of the molecule is O=C(O)C(F)(F)F.O=C1C=Cc2[nH]cc3cccc-3c2C1. The zero-order valence-electron chi connectivity index (χ0n) is 10.6. The van der Waals surface area contributed by atoms with E-state index in [1.807, 2.05) is 18.3 Å². The number of rotatable bonds is 0. The first-order valence-corrected chi connectivity index (χ1v) is 5.89. The first-order valence-electron chi connectivity index (χ1n) is 5.89. The Labute approximate surface area is 117 Å². The number of carboxylic acids is 1. The molecule has 0 radical (unpaired) electrons. The second-order valence-electron chi connectivity index (χ2n) is 4.36. The van der Waals surface area contributed by atoms with Gasteiger partial charge in [-0.15, -0.1) is 0 Å². The number of hydrogen-bond acceptors (Lipinski definition) is 2. The predicted octanol–water partition coefficient (Wildman–Crippen LogP) is 2.89. The summed E-state index contributed by atoms with van der Waals surface area (Å²) in [4.78, 5) is 23.4. The Balaban J connectivity index is 0.000000199. The third-order valence-electron chi connectivity index (χ3n) is 2.91. The van der Waals surface area contributed by atoms with E-state index in [-0.39, 0.29) is 5.78 Å². The number of aromatic nitrogens is 1. The second-order valence-corrected chi connectivity index (χ2v) is 4.36. The molecule has 7 heteroatoms. The lowest BCUT2D eigenvalue weighted by Gasteiger charge is -2.14. The van der Waals surface area contributed by atoms with E-state index in [4.69, 9.17) is 9.90 Å². The Bertz CT molecular complexity index is 685. The number of halogens is 3. The monoisotopic (exact) mass is 297 g/mol. The summed E-state index contributed by atoms with van der Waals surface area (Å²) in [5.74, 6) is -2.58. The summed E-state index contributed by atoms with van der Waals surface area (Å²) in [6, 6.07) is 6.13. The lowest BCUT2D eigenvalue weighted by molar-refractivity contribution is -0.192. The number of pyridine rings is 1. The fraction of sp³-hybridized carbons (Fsp3) is 0.143. The van der Waals surface area contributed by atoms with Crippen LogP contribution in [-0.4, -0.2) is 28.0 Å². The van der Waals surface area contributed by atoms with E-state index in [9.17, 15) is 18.0 Å². The van der Waals surface area contributed by atoms with Crippen LogP contribution in [0.5, 0.6) is 0 Å². The number of aromatic amines is 1. The van der Waals surface area contributed by atoms with Crippen molar-refractivity contribution in [3.8, 4) is 11.1 Å². The molecule has 0 saturated carbocycles. The average molecular weight is 297 g/mol. The summed E-state index contributed by atoms with van der Waals surface area (Å²) < 4.78 is 31.7. The number of fused-ring (bicyclic) bond motifs is 3. The highest BCUT2D eigenvalue weighted by atomic mass is 19.4. The molecular weight excluding hydrogens is 287 g/mol. The van der Waals surface area contributed by atoms with Crippen molar-refractivity contribution in [2.75, 3.05) is 0 Å². The molecule has 0 spiro atoms. The molecule has 3 rings (SSSR count). The molecule has 0 bridgehead atoms. The van der Waals surface area contributed by atoms with Crippen molar-refractivity contribution in [3.63, 3.8) is 0 Å². The fourth-order valence-electron chi connectivity index (χ4n) is 1.97. The van der Waals surface area contributed by atoms with Crippen molar-refractivity contribution in [2.24, 2.45) is 0 Å². The molecule has 0 saturated heterocycles. The summed E-state index contributed by atoms with van der Waals surface area (Å²) in [6.45, 7) is 0. The van der Waals surface area contributed by atoms with Gasteiger partial charge in [-0.25, -0.2) is 4.79 Å². The van der Waals surface area contributed by atoms with Crippen LogP contribution in [0.2, 0.25) is 0 Å². The Morgan fingerprint density at radius 3 is 2.52 bits per heavy atom. The normalized spacial score (nSPS) is 13.6. The van der Waals surface area contributed by atoms with E-state index in [1.54, 1.807) is 6.08 Å². The van der Waals surface area contributed by atoms with Crippen LogP contribution in [0.3, 0.4) is 0 Å². The van der Waals surface area contributed by atoms with Crippen LogP contribution in [0.15, 0.2) is 30.5 Å². The average Bonchev–Trinajstić information content (AvgIpc) is 2.87. The molecule has 3 aliphatic rings. The van der Waals surface area contributed by atoms with Gasteiger partial charge in [0.1, 0.15) is 0 Å². The number of carboxylic acid groups (broad SMARTS) is 1. The Morgan fingerprint density at radius 1 is 1.24 bits per heavy atom. The predicted molar refractivity (Wildman–Crippen MR) is 68.9 cm³/mol. The molecule has 21 heavy (non-hydrogen) atoms. The maximum atomic E-state index is 11.3. The van der Waals surface area contributed by atoms with Crippen LogP contribution >= 0.6 is 0 Å². The number of carbonyl (C=O) groups excluding carboxylic acids is 1. The molecular formula is C14H10F3NO3. The standard InChI is InChI=1S/C12H9NO.C2HF3O2/c14-9-4-5-12-11(6-9)10-3-1-2-8(10)7-13-12;3-2(4,5)1(6)7/h1-5,7,13H,6H2;(H,6,7). The molecule has 0 aromatic carbocycles. The fourth-order valence-corrected chi connectivity index (χ4v) is 1.97. The smallest absolute Gasteiger partial charge is 0.475 e. The molecule has 0 aromatic rings. The number of H-pyrrole nitrogens is 1. The molecule has 4 nitrogen and oxygen atoms in total. The number of aliphatic carboxylic acids is 1. The molecule has 110 valence electrons. The largest absolute Gasteiger partial charge is 0.490 e. The minimum absolute atomic E-state index is 0.180. The van der Waals surface area contributed by atoms with Crippen molar-refractivity contribution in [1.29, 1.82) is 0 Å².